The van der Waals surface area contributed by atoms with E-state index in [9.17, 15) is 5.11 Å². The molecule has 1 rings (SSSR count). The Morgan fingerprint density at radius 1 is 1.40 bits per heavy atom. The van der Waals surface area contributed by atoms with Crippen LogP contribution in [-0.2, 0) is 11.8 Å². The van der Waals surface area contributed by atoms with Crippen LogP contribution in [0, 0.1) is 0 Å². The number of hydrogen-bond acceptors (Lipinski definition) is 2. The van der Waals surface area contributed by atoms with Gasteiger partial charge in [0, 0.05) is 12.0 Å². The summed E-state index contributed by atoms with van der Waals surface area (Å²) >= 11 is 0. The maximum Gasteiger partial charge on any atom is 0.0537 e. The van der Waals surface area contributed by atoms with Gasteiger partial charge in [0.1, 0.15) is 0 Å². The molecule has 15 heavy (non-hydrogen) atoms. The van der Waals surface area contributed by atoms with E-state index in [1.165, 1.54) is 5.56 Å². The van der Waals surface area contributed by atoms with Gasteiger partial charge in [0.2, 0.25) is 0 Å². The molecule has 0 aliphatic carbocycles. The minimum absolute atomic E-state index is 0.0737. The van der Waals surface area contributed by atoms with Crippen LogP contribution in [-0.4, -0.2) is 18.3 Å². The summed E-state index contributed by atoms with van der Waals surface area (Å²) < 4.78 is 0. The van der Waals surface area contributed by atoms with E-state index < -0.39 is 0 Å². The molecule has 1 aromatic rings. The summed E-state index contributed by atoms with van der Waals surface area (Å²) in [5.74, 6) is 0. The number of allylic oxidation sites excluding steroid dienone is 1. The van der Waals surface area contributed by atoms with Crippen molar-refractivity contribution in [2.45, 2.75) is 18.8 Å². The summed E-state index contributed by atoms with van der Waals surface area (Å²) in [6.07, 6.45) is 2.75. The fourth-order valence-corrected chi connectivity index (χ4v) is 1.48. The Morgan fingerprint density at radius 2 is 2.00 bits per heavy atom. The molecule has 0 bridgehead atoms. The largest absolute Gasteiger partial charge is 0.395 e. The van der Waals surface area contributed by atoms with Crippen LogP contribution in [0.1, 0.15) is 18.1 Å². The van der Waals surface area contributed by atoms with Gasteiger partial charge >= 0.3 is 0 Å². The van der Waals surface area contributed by atoms with E-state index in [0.717, 1.165) is 12.0 Å². The summed E-state index contributed by atoms with van der Waals surface area (Å²) in [5, 5.41) is 9.32. The van der Waals surface area contributed by atoms with Crippen molar-refractivity contribution in [3.63, 3.8) is 0 Å². The molecule has 0 radical (unpaired) electrons. The number of nitrogens with two attached hydrogens (primary N) is 1. The Hall–Kier alpha value is -1.12. The summed E-state index contributed by atoms with van der Waals surface area (Å²) in [6.45, 7) is 6.19. The van der Waals surface area contributed by atoms with E-state index in [2.05, 4.69) is 18.7 Å². The van der Waals surface area contributed by atoms with Gasteiger partial charge in [-0.2, -0.15) is 0 Å². The highest BCUT2D eigenvalue weighted by Gasteiger charge is 2.23. The van der Waals surface area contributed by atoms with Gasteiger partial charge in [-0.15, -0.1) is 6.58 Å². The molecule has 0 aromatic heterocycles. The summed E-state index contributed by atoms with van der Waals surface area (Å²) in [5.41, 5.74) is 7.65. The third-order valence-electron chi connectivity index (χ3n) is 2.83. The SMILES string of the molecule is C=CCc1ccc(C(C)(CN)CO)cc1. The van der Waals surface area contributed by atoms with Crippen molar-refractivity contribution in [2.75, 3.05) is 13.2 Å². The molecule has 1 unspecified atom stereocenters. The average Bonchev–Trinajstić information content (AvgIpc) is 2.29. The van der Waals surface area contributed by atoms with Gasteiger partial charge in [-0.25, -0.2) is 0 Å². The van der Waals surface area contributed by atoms with Crippen LogP contribution in [0.2, 0.25) is 0 Å². The predicted octanol–water partition coefficient (Wildman–Crippen LogP) is 1.62. The number of rotatable bonds is 5. The molecule has 0 heterocycles. The van der Waals surface area contributed by atoms with Crippen LogP contribution in [0.5, 0.6) is 0 Å². The second kappa shape index (κ2) is 5.10. The lowest BCUT2D eigenvalue weighted by molar-refractivity contribution is 0.210. The molecule has 0 aliphatic rings. The van der Waals surface area contributed by atoms with Crippen molar-refractivity contribution >= 4 is 0 Å². The first-order valence-corrected chi connectivity index (χ1v) is 5.17. The quantitative estimate of drug-likeness (QED) is 0.718. The lowest BCUT2D eigenvalue weighted by atomic mass is 9.83. The molecule has 2 heteroatoms. The second-order valence-electron chi connectivity index (χ2n) is 4.11. The summed E-state index contributed by atoms with van der Waals surface area (Å²) in [4.78, 5) is 0. The fourth-order valence-electron chi connectivity index (χ4n) is 1.48. The molecule has 2 nitrogen and oxygen atoms in total. The van der Waals surface area contributed by atoms with E-state index in [4.69, 9.17) is 5.73 Å². The molecule has 0 fully saturated rings. The maximum absolute atomic E-state index is 9.32. The lowest BCUT2D eigenvalue weighted by Crippen LogP contribution is -2.35. The highest BCUT2D eigenvalue weighted by Crippen LogP contribution is 2.22. The van der Waals surface area contributed by atoms with Crippen LogP contribution in [0.4, 0.5) is 0 Å². The van der Waals surface area contributed by atoms with Crippen molar-refractivity contribution in [1.29, 1.82) is 0 Å². The van der Waals surface area contributed by atoms with Gasteiger partial charge in [0.05, 0.1) is 6.61 Å². The van der Waals surface area contributed by atoms with Crippen molar-refractivity contribution in [1.82, 2.24) is 0 Å². The zero-order chi connectivity index (χ0) is 11.3. The molecule has 0 amide bonds. The first-order valence-electron chi connectivity index (χ1n) is 5.17. The molecule has 0 spiro atoms. The van der Waals surface area contributed by atoms with Crippen molar-refractivity contribution in [3.8, 4) is 0 Å². The number of aliphatic hydroxyl groups excluding tert-OH is 1. The molecular formula is C13H19NO. The van der Waals surface area contributed by atoms with Crippen LogP contribution in [0.15, 0.2) is 36.9 Å². The van der Waals surface area contributed by atoms with Gasteiger partial charge in [0.15, 0.2) is 0 Å². The minimum atomic E-state index is -0.327. The minimum Gasteiger partial charge on any atom is -0.395 e. The second-order valence-corrected chi connectivity index (χ2v) is 4.11. The van der Waals surface area contributed by atoms with E-state index in [1.54, 1.807) is 0 Å². The van der Waals surface area contributed by atoms with E-state index in [-0.39, 0.29) is 12.0 Å². The summed E-state index contributed by atoms with van der Waals surface area (Å²) in [6, 6.07) is 8.17. The highest BCUT2D eigenvalue weighted by atomic mass is 16.3. The topological polar surface area (TPSA) is 46.2 Å². The number of aliphatic hydroxyl groups is 1. The molecule has 1 atom stereocenters. The standard InChI is InChI=1S/C13H19NO/c1-3-4-11-5-7-12(8-6-11)13(2,9-14)10-15/h3,5-8,15H,1,4,9-10,14H2,2H3. The highest BCUT2D eigenvalue weighted by molar-refractivity contribution is 5.30. The van der Waals surface area contributed by atoms with Crippen LogP contribution in [0.25, 0.3) is 0 Å². The first-order chi connectivity index (χ1) is 7.16. The third kappa shape index (κ3) is 2.67. The van der Waals surface area contributed by atoms with Crippen LogP contribution in [0.3, 0.4) is 0 Å². The van der Waals surface area contributed by atoms with Gasteiger partial charge in [-0.3, -0.25) is 0 Å². The van der Waals surface area contributed by atoms with E-state index in [1.807, 2.05) is 25.1 Å². The van der Waals surface area contributed by atoms with Gasteiger partial charge in [-0.1, -0.05) is 37.3 Å². The third-order valence-corrected chi connectivity index (χ3v) is 2.83. The molecule has 0 aliphatic heterocycles. The Bertz CT molecular complexity index is 312. The monoisotopic (exact) mass is 205 g/mol. The van der Waals surface area contributed by atoms with Crippen LogP contribution >= 0.6 is 0 Å². The smallest absolute Gasteiger partial charge is 0.0537 e. The first kappa shape index (κ1) is 12.0. The van der Waals surface area contributed by atoms with Gasteiger partial charge in [0.25, 0.3) is 0 Å². The number of benzene rings is 1. The predicted molar refractivity (Wildman–Crippen MR) is 63.8 cm³/mol. The molecular weight excluding hydrogens is 186 g/mol. The van der Waals surface area contributed by atoms with Gasteiger partial charge in [-0.05, 0) is 17.5 Å². The van der Waals surface area contributed by atoms with Crippen molar-refractivity contribution in [2.24, 2.45) is 5.73 Å². The Kier molecular flexibility index (Phi) is 4.06. The molecule has 1 aromatic carbocycles. The molecule has 82 valence electrons. The normalized spacial score (nSPS) is 14.6. The summed E-state index contributed by atoms with van der Waals surface area (Å²) in [7, 11) is 0. The zero-order valence-corrected chi connectivity index (χ0v) is 9.24. The zero-order valence-electron chi connectivity index (χ0n) is 9.24. The van der Waals surface area contributed by atoms with E-state index >= 15 is 0 Å². The molecule has 0 saturated carbocycles. The Morgan fingerprint density at radius 3 is 2.40 bits per heavy atom. The maximum atomic E-state index is 9.32. The van der Waals surface area contributed by atoms with Gasteiger partial charge < -0.3 is 10.8 Å². The van der Waals surface area contributed by atoms with Crippen molar-refractivity contribution < 1.29 is 5.11 Å². The van der Waals surface area contributed by atoms with Crippen LogP contribution < -0.4 is 5.73 Å². The Labute approximate surface area is 91.4 Å². The molecule has 0 saturated heterocycles. The lowest BCUT2D eigenvalue weighted by Gasteiger charge is -2.26. The fraction of sp³-hybridized carbons (Fsp3) is 0.385. The number of hydrogen-bond donors (Lipinski definition) is 2. The van der Waals surface area contributed by atoms with E-state index in [0.29, 0.717) is 6.54 Å². The average molecular weight is 205 g/mol. The molecule has 3 N–H and O–H groups in total. The van der Waals surface area contributed by atoms with Crippen molar-refractivity contribution in [3.05, 3.63) is 48.0 Å². The Balaban J connectivity index is 2.91.